The summed E-state index contributed by atoms with van der Waals surface area (Å²) in [5.74, 6) is -1.13. The Morgan fingerprint density at radius 3 is 1.27 bits per heavy atom. The number of carboxylic acids is 1. The summed E-state index contributed by atoms with van der Waals surface area (Å²) in [6.07, 6.45) is 52.8. The van der Waals surface area contributed by atoms with Gasteiger partial charge in [-0.1, -0.05) is 184 Å². The van der Waals surface area contributed by atoms with Gasteiger partial charge in [0.2, 0.25) is 0 Å². The van der Waals surface area contributed by atoms with E-state index in [0.29, 0.717) is 12.8 Å². The van der Waals surface area contributed by atoms with Crippen molar-refractivity contribution in [2.75, 3.05) is 0 Å². The lowest BCUT2D eigenvalue weighted by Crippen LogP contribution is -2.21. The van der Waals surface area contributed by atoms with E-state index < -0.39 is 12.1 Å². The normalized spacial score (nSPS) is 12.7. The average molecular weight is 671 g/mol. The van der Waals surface area contributed by atoms with Gasteiger partial charge >= 0.3 is 11.9 Å². The summed E-state index contributed by atoms with van der Waals surface area (Å²) in [5, 5.41) is 9.28. The van der Waals surface area contributed by atoms with Crippen LogP contribution in [0.3, 0.4) is 0 Å². The average Bonchev–Trinajstić information content (AvgIpc) is 3.06. The predicted octanol–water partition coefficient (Wildman–Crippen LogP) is 14.3. The molecule has 0 aliphatic carbocycles. The first-order valence-electron chi connectivity index (χ1n) is 20.6. The third-order valence-electron chi connectivity index (χ3n) is 9.04. The molecule has 0 spiro atoms. The lowest BCUT2D eigenvalue weighted by molar-refractivity contribution is -0.153. The molecule has 1 unspecified atom stereocenters. The fraction of sp³-hybridized carbons (Fsp3) is 0.773. The van der Waals surface area contributed by atoms with Gasteiger partial charge in [-0.05, 0) is 64.2 Å². The van der Waals surface area contributed by atoms with E-state index in [-0.39, 0.29) is 12.4 Å². The number of ether oxygens (including phenoxy) is 1. The van der Waals surface area contributed by atoms with Crippen LogP contribution >= 0.6 is 0 Å². The number of rotatable bonds is 37. The Labute approximate surface area is 298 Å². The third-order valence-corrected chi connectivity index (χ3v) is 9.04. The first-order chi connectivity index (χ1) is 23.6. The lowest BCUT2D eigenvalue weighted by atomic mass is 10.0. The van der Waals surface area contributed by atoms with Crippen molar-refractivity contribution in [3.8, 4) is 0 Å². The molecular weight excluding hydrogens is 592 g/mol. The Hall–Kier alpha value is -2.10. The van der Waals surface area contributed by atoms with E-state index >= 15 is 0 Å². The van der Waals surface area contributed by atoms with E-state index in [9.17, 15) is 14.7 Å². The van der Waals surface area contributed by atoms with Crippen LogP contribution in [0.25, 0.3) is 0 Å². The summed E-state index contributed by atoms with van der Waals surface area (Å²) in [5.41, 5.74) is 0. The second-order valence-electron chi connectivity index (χ2n) is 13.8. The highest BCUT2D eigenvalue weighted by Gasteiger charge is 2.17. The van der Waals surface area contributed by atoms with Crippen LogP contribution in [0, 0.1) is 0 Å². The Morgan fingerprint density at radius 1 is 0.479 bits per heavy atom. The van der Waals surface area contributed by atoms with Crippen molar-refractivity contribution in [2.45, 2.75) is 219 Å². The number of unbranched alkanes of at least 4 members (excludes halogenated alkanes) is 22. The zero-order valence-electron chi connectivity index (χ0n) is 31.8. The highest BCUT2D eigenvalue weighted by Crippen LogP contribution is 2.17. The molecule has 0 aliphatic rings. The summed E-state index contributed by atoms with van der Waals surface area (Å²) in [6.45, 7) is 4.52. The molecule has 48 heavy (non-hydrogen) atoms. The van der Waals surface area contributed by atoms with Gasteiger partial charge in [0.15, 0.2) is 0 Å². The lowest BCUT2D eigenvalue weighted by Gasteiger charge is -2.16. The second-order valence-corrected chi connectivity index (χ2v) is 13.8. The van der Waals surface area contributed by atoms with Crippen LogP contribution in [0.5, 0.6) is 0 Å². The maximum Gasteiger partial charge on any atom is 0.307 e. The Balaban J connectivity index is 3.72. The summed E-state index contributed by atoms with van der Waals surface area (Å²) in [4.78, 5) is 23.7. The van der Waals surface area contributed by atoms with Crippen LogP contribution in [0.2, 0.25) is 0 Å². The molecule has 4 nitrogen and oxygen atoms in total. The van der Waals surface area contributed by atoms with E-state index in [2.05, 4.69) is 62.5 Å². The number of allylic oxidation sites excluding steroid dienone is 8. The van der Waals surface area contributed by atoms with E-state index in [1.807, 2.05) is 0 Å². The molecule has 278 valence electrons. The maximum atomic E-state index is 12.4. The van der Waals surface area contributed by atoms with Gasteiger partial charge in [-0.2, -0.15) is 0 Å². The van der Waals surface area contributed by atoms with Gasteiger partial charge in [0.1, 0.15) is 6.10 Å². The van der Waals surface area contributed by atoms with Gasteiger partial charge in [-0.15, -0.1) is 0 Å². The van der Waals surface area contributed by atoms with Crippen molar-refractivity contribution in [1.29, 1.82) is 0 Å². The van der Waals surface area contributed by atoms with Crippen molar-refractivity contribution >= 4 is 11.9 Å². The van der Waals surface area contributed by atoms with Gasteiger partial charge < -0.3 is 9.84 Å². The number of hydrogen-bond acceptors (Lipinski definition) is 3. The van der Waals surface area contributed by atoms with Gasteiger partial charge in [-0.25, -0.2) is 0 Å². The molecule has 0 saturated heterocycles. The van der Waals surface area contributed by atoms with Crippen molar-refractivity contribution in [1.82, 2.24) is 0 Å². The van der Waals surface area contributed by atoms with Crippen molar-refractivity contribution in [3.63, 3.8) is 0 Å². The second kappa shape index (κ2) is 39.3. The molecule has 0 aromatic carbocycles. The van der Waals surface area contributed by atoms with Crippen LogP contribution in [-0.2, 0) is 14.3 Å². The molecule has 0 bridgehead atoms. The highest BCUT2D eigenvalue weighted by molar-refractivity contribution is 5.71. The molecule has 0 fully saturated rings. The van der Waals surface area contributed by atoms with Crippen LogP contribution in [-0.4, -0.2) is 23.1 Å². The number of esters is 1. The molecule has 1 N–H and O–H groups in total. The number of carbonyl (C=O) groups is 2. The van der Waals surface area contributed by atoms with E-state index in [1.165, 1.54) is 122 Å². The molecular formula is C44H78O4. The number of carbonyl (C=O) groups excluding carboxylic acids is 1. The molecule has 0 amide bonds. The van der Waals surface area contributed by atoms with Gasteiger partial charge in [0.25, 0.3) is 0 Å². The number of aliphatic carboxylic acids is 1. The standard InChI is InChI=1S/C44H78O4/c1-3-5-7-9-11-13-15-17-19-21-22-24-26-28-30-32-34-36-38-40-44(47)48-42(41-43(45)46)39-37-35-33-31-29-27-25-23-20-18-16-14-12-10-8-6-4-2/h11,13,17,19,22,24,28,30,42H,3-10,12,14-16,18,20-21,23,25-27,29,31-41H2,1-2H3,(H,45,46)/b13-11-,19-17-,24-22-,30-28-. The zero-order chi connectivity index (χ0) is 35.0. The Bertz CT molecular complexity index is 809. The zero-order valence-corrected chi connectivity index (χ0v) is 31.8. The van der Waals surface area contributed by atoms with Gasteiger partial charge in [-0.3, -0.25) is 9.59 Å². The quantitative estimate of drug-likeness (QED) is 0.0406. The SMILES string of the molecule is CCCCC/C=C\C/C=C\C/C=C\C/C=C\CCCCCC(=O)OC(CCCCCCCCCCCCCCCCCCC)CC(=O)O. The molecule has 0 aliphatic heterocycles. The van der Waals surface area contributed by atoms with Crippen molar-refractivity contribution in [2.24, 2.45) is 0 Å². The maximum absolute atomic E-state index is 12.4. The van der Waals surface area contributed by atoms with Gasteiger partial charge in [0.05, 0.1) is 6.42 Å². The molecule has 0 rings (SSSR count). The summed E-state index contributed by atoms with van der Waals surface area (Å²) in [6, 6.07) is 0. The smallest absolute Gasteiger partial charge is 0.307 e. The molecule has 0 heterocycles. The van der Waals surface area contributed by atoms with Crippen LogP contribution < -0.4 is 0 Å². The minimum absolute atomic E-state index is 0.0866. The molecule has 0 aromatic rings. The fourth-order valence-electron chi connectivity index (χ4n) is 6.01. The fourth-order valence-corrected chi connectivity index (χ4v) is 6.01. The minimum atomic E-state index is -0.890. The summed E-state index contributed by atoms with van der Waals surface area (Å²) < 4.78 is 5.58. The van der Waals surface area contributed by atoms with Crippen LogP contribution in [0.1, 0.15) is 213 Å². The third kappa shape index (κ3) is 38.3. The first-order valence-corrected chi connectivity index (χ1v) is 20.6. The number of carboxylic acid groups (broad SMARTS) is 1. The molecule has 0 aromatic heterocycles. The molecule has 1 atom stereocenters. The number of hydrogen-bond donors (Lipinski definition) is 1. The predicted molar refractivity (Wildman–Crippen MR) is 209 cm³/mol. The Kier molecular flexibility index (Phi) is 37.6. The van der Waals surface area contributed by atoms with E-state index in [1.54, 1.807) is 0 Å². The minimum Gasteiger partial charge on any atom is -0.481 e. The Morgan fingerprint density at radius 2 is 0.833 bits per heavy atom. The summed E-state index contributed by atoms with van der Waals surface area (Å²) >= 11 is 0. The first kappa shape index (κ1) is 45.9. The van der Waals surface area contributed by atoms with Crippen molar-refractivity contribution in [3.05, 3.63) is 48.6 Å². The van der Waals surface area contributed by atoms with Gasteiger partial charge in [0, 0.05) is 6.42 Å². The summed E-state index contributed by atoms with van der Waals surface area (Å²) in [7, 11) is 0. The molecule has 0 radical (unpaired) electrons. The monoisotopic (exact) mass is 671 g/mol. The van der Waals surface area contributed by atoms with Crippen LogP contribution in [0.15, 0.2) is 48.6 Å². The molecule has 4 heteroatoms. The molecule has 0 saturated carbocycles. The van der Waals surface area contributed by atoms with Crippen LogP contribution in [0.4, 0.5) is 0 Å². The van der Waals surface area contributed by atoms with E-state index in [4.69, 9.17) is 4.74 Å². The largest absolute Gasteiger partial charge is 0.481 e. The topological polar surface area (TPSA) is 63.6 Å². The highest BCUT2D eigenvalue weighted by atomic mass is 16.5. The van der Waals surface area contributed by atoms with Crippen molar-refractivity contribution < 1.29 is 19.4 Å². The van der Waals surface area contributed by atoms with E-state index in [0.717, 1.165) is 57.8 Å².